The van der Waals surface area contributed by atoms with Crippen LogP contribution in [0.5, 0.6) is 17.2 Å². The highest BCUT2D eigenvalue weighted by Gasteiger charge is 2.26. The molecule has 0 aromatic heterocycles. The molecule has 0 radical (unpaired) electrons. The summed E-state index contributed by atoms with van der Waals surface area (Å²) in [6.07, 6.45) is 4.10. The van der Waals surface area contributed by atoms with Gasteiger partial charge in [-0.25, -0.2) is 13.8 Å². The number of piperidine rings is 1. The van der Waals surface area contributed by atoms with E-state index in [0.717, 1.165) is 19.3 Å². The molecule has 2 aromatic rings. The molecule has 0 unspecified atom stereocenters. The van der Waals surface area contributed by atoms with Gasteiger partial charge in [0.05, 0.1) is 38.0 Å². The van der Waals surface area contributed by atoms with Crippen LogP contribution < -0.4 is 19.6 Å². The van der Waals surface area contributed by atoms with Crippen LogP contribution in [0.1, 0.15) is 35.2 Å². The number of hydrogen-bond donors (Lipinski definition) is 1. The minimum absolute atomic E-state index is 0.0922. The van der Waals surface area contributed by atoms with Gasteiger partial charge in [0.1, 0.15) is 17.2 Å². The summed E-state index contributed by atoms with van der Waals surface area (Å²) in [6.45, 7) is 0.989. The largest absolute Gasteiger partial charge is 0.496 e. The predicted molar refractivity (Wildman–Crippen MR) is 120 cm³/mol. The number of ether oxygens (including phenoxy) is 3. The molecular weight excluding hydrogens is 434 g/mol. The number of sulfonamides is 1. The van der Waals surface area contributed by atoms with E-state index in [1.165, 1.54) is 50.0 Å². The van der Waals surface area contributed by atoms with Gasteiger partial charge in [-0.1, -0.05) is 12.5 Å². The van der Waals surface area contributed by atoms with Gasteiger partial charge in [0.25, 0.3) is 5.91 Å². The lowest BCUT2D eigenvalue weighted by atomic mass is 10.2. The Balaban J connectivity index is 1.77. The third-order valence-corrected chi connectivity index (χ3v) is 7.06. The zero-order chi connectivity index (χ0) is 23.1. The normalized spacial score (nSPS) is 14.8. The summed E-state index contributed by atoms with van der Waals surface area (Å²) in [4.78, 5) is 12.7. The summed E-state index contributed by atoms with van der Waals surface area (Å²) in [5, 5.41) is 3.99. The van der Waals surface area contributed by atoms with E-state index in [1.807, 2.05) is 0 Å². The molecule has 0 aliphatic carbocycles. The fourth-order valence-electron chi connectivity index (χ4n) is 3.43. The fraction of sp³-hybridized carbons (Fsp3) is 0.364. The number of hydrogen-bond acceptors (Lipinski definition) is 7. The summed E-state index contributed by atoms with van der Waals surface area (Å²) >= 11 is 0. The molecule has 1 heterocycles. The predicted octanol–water partition coefficient (Wildman–Crippen LogP) is 2.65. The highest BCUT2D eigenvalue weighted by atomic mass is 32.2. The molecule has 1 saturated heterocycles. The van der Waals surface area contributed by atoms with Gasteiger partial charge in [-0.15, -0.1) is 0 Å². The maximum atomic E-state index is 12.9. The fourth-order valence-corrected chi connectivity index (χ4v) is 5.00. The van der Waals surface area contributed by atoms with Crippen LogP contribution in [0.25, 0.3) is 0 Å². The molecule has 32 heavy (non-hydrogen) atoms. The quantitative estimate of drug-likeness (QED) is 0.479. The molecule has 0 bridgehead atoms. The van der Waals surface area contributed by atoms with E-state index in [1.54, 1.807) is 18.2 Å². The number of hydrazone groups is 1. The number of amides is 1. The molecule has 1 N–H and O–H groups in total. The zero-order valence-corrected chi connectivity index (χ0v) is 19.1. The maximum absolute atomic E-state index is 12.9. The van der Waals surface area contributed by atoms with Crippen LogP contribution in [0.15, 0.2) is 46.4 Å². The molecule has 1 aliphatic heterocycles. The van der Waals surface area contributed by atoms with Crippen LogP contribution in [-0.4, -0.2) is 59.3 Å². The van der Waals surface area contributed by atoms with Crippen molar-refractivity contribution in [3.05, 3.63) is 47.5 Å². The van der Waals surface area contributed by atoms with Crippen LogP contribution in [0.3, 0.4) is 0 Å². The average Bonchev–Trinajstić information content (AvgIpc) is 2.84. The summed E-state index contributed by atoms with van der Waals surface area (Å²) in [7, 11) is 0.890. The Hall–Kier alpha value is -3.11. The summed E-state index contributed by atoms with van der Waals surface area (Å²) < 4.78 is 43.1. The van der Waals surface area contributed by atoms with E-state index in [-0.39, 0.29) is 10.5 Å². The highest BCUT2D eigenvalue weighted by molar-refractivity contribution is 7.89. The average molecular weight is 462 g/mol. The van der Waals surface area contributed by atoms with Gasteiger partial charge in [-0.3, -0.25) is 4.79 Å². The molecule has 0 spiro atoms. The molecule has 1 aliphatic rings. The van der Waals surface area contributed by atoms with Crippen molar-refractivity contribution in [1.29, 1.82) is 0 Å². The molecule has 0 atom stereocenters. The summed E-state index contributed by atoms with van der Waals surface area (Å²) in [5.74, 6) is 0.914. The molecule has 10 heteroatoms. The van der Waals surface area contributed by atoms with Gasteiger partial charge >= 0.3 is 0 Å². The molecule has 1 amide bonds. The SMILES string of the molecule is COc1cc(OC)c(C=NNC(=O)c2cccc(S(=O)(=O)N3CCCCC3)c2)c(OC)c1. The van der Waals surface area contributed by atoms with Crippen LogP contribution in [0, 0.1) is 0 Å². The summed E-state index contributed by atoms with van der Waals surface area (Å²) in [5.41, 5.74) is 3.12. The second-order valence-electron chi connectivity index (χ2n) is 7.14. The van der Waals surface area contributed by atoms with Crippen molar-refractivity contribution in [3.63, 3.8) is 0 Å². The van der Waals surface area contributed by atoms with Crippen LogP contribution in [-0.2, 0) is 10.0 Å². The Morgan fingerprint density at radius 1 is 1.00 bits per heavy atom. The Labute approximate surface area is 188 Å². The first-order chi connectivity index (χ1) is 15.4. The second kappa shape index (κ2) is 10.5. The van der Waals surface area contributed by atoms with Crippen molar-refractivity contribution in [1.82, 2.24) is 9.73 Å². The Bertz CT molecular complexity index is 1070. The Kier molecular flexibility index (Phi) is 7.70. The molecule has 2 aromatic carbocycles. The minimum Gasteiger partial charge on any atom is -0.496 e. The van der Waals surface area contributed by atoms with Crippen molar-refractivity contribution in [2.45, 2.75) is 24.2 Å². The van der Waals surface area contributed by atoms with Gasteiger partial charge in [-0.2, -0.15) is 9.41 Å². The number of rotatable bonds is 8. The van der Waals surface area contributed by atoms with Crippen LogP contribution in [0.2, 0.25) is 0 Å². The molecule has 9 nitrogen and oxygen atoms in total. The molecule has 0 saturated carbocycles. The van der Waals surface area contributed by atoms with Crippen LogP contribution in [0.4, 0.5) is 0 Å². The number of carbonyl (C=O) groups is 1. The first-order valence-electron chi connectivity index (χ1n) is 10.1. The number of nitrogens with one attached hydrogen (secondary N) is 1. The Morgan fingerprint density at radius 3 is 2.25 bits per heavy atom. The first kappa shape index (κ1) is 23.6. The first-order valence-corrected chi connectivity index (χ1v) is 11.6. The van der Waals surface area contributed by atoms with Crippen molar-refractivity contribution >= 4 is 22.1 Å². The van der Waals surface area contributed by atoms with Gasteiger partial charge in [0.15, 0.2) is 0 Å². The smallest absolute Gasteiger partial charge is 0.271 e. The topological polar surface area (TPSA) is 107 Å². The van der Waals surface area contributed by atoms with Gasteiger partial charge < -0.3 is 14.2 Å². The Morgan fingerprint density at radius 2 is 1.66 bits per heavy atom. The molecule has 3 rings (SSSR count). The summed E-state index contributed by atoms with van der Waals surface area (Å²) in [6, 6.07) is 9.28. The van der Waals surface area contributed by atoms with Crippen LogP contribution >= 0.6 is 0 Å². The van der Waals surface area contributed by atoms with E-state index in [2.05, 4.69) is 10.5 Å². The minimum atomic E-state index is -3.64. The van der Waals surface area contributed by atoms with Crippen molar-refractivity contribution in [2.24, 2.45) is 5.10 Å². The lowest BCUT2D eigenvalue weighted by Crippen LogP contribution is -2.35. The van der Waals surface area contributed by atoms with E-state index < -0.39 is 15.9 Å². The van der Waals surface area contributed by atoms with Gasteiger partial charge in [0, 0.05) is 30.8 Å². The monoisotopic (exact) mass is 461 g/mol. The van der Waals surface area contributed by atoms with E-state index in [9.17, 15) is 13.2 Å². The van der Waals surface area contributed by atoms with Crippen molar-refractivity contribution in [3.8, 4) is 17.2 Å². The zero-order valence-electron chi connectivity index (χ0n) is 18.3. The number of benzene rings is 2. The number of nitrogens with zero attached hydrogens (tertiary/aromatic N) is 2. The van der Waals surface area contributed by atoms with Gasteiger partial charge in [-0.05, 0) is 31.0 Å². The maximum Gasteiger partial charge on any atom is 0.271 e. The number of methoxy groups -OCH3 is 3. The third kappa shape index (κ3) is 5.20. The van der Waals surface area contributed by atoms with Crippen molar-refractivity contribution in [2.75, 3.05) is 34.4 Å². The van der Waals surface area contributed by atoms with Gasteiger partial charge in [0.2, 0.25) is 10.0 Å². The third-order valence-electron chi connectivity index (χ3n) is 5.16. The second-order valence-corrected chi connectivity index (χ2v) is 9.08. The van der Waals surface area contributed by atoms with E-state index >= 15 is 0 Å². The molecular formula is C22H27N3O6S. The highest BCUT2D eigenvalue weighted by Crippen LogP contribution is 2.32. The lowest BCUT2D eigenvalue weighted by Gasteiger charge is -2.25. The standard InChI is InChI=1S/C22H27N3O6S/c1-29-17-13-20(30-2)19(21(14-17)31-3)15-23-24-22(26)16-8-7-9-18(12-16)32(27,28)25-10-5-4-6-11-25/h7-9,12-15H,4-6,10-11H2,1-3H3,(H,24,26). The van der Waals surface area contributed by atoms with Crippen molar-refractivity contribution < 1.29 is 27.4 Å². The molecule has 1 fully saturated rings. The lowest BCUT2D eigenvalue weighted by molar-refractivity contribution is 0.0955. The number of carbonyl (C=O) groups excluding carboxylic acids is 1. The molecule has 172 valence electrons. The van der Waals surface area contributed by atoms with E-state index in [4.69, 9.17) is 14.2 Å². The van der Waals surface area contributed by atoms with E-state index in [0.29, 0.717) is 35.9 Å².